The molecule has 1 fully saturated rings. The van der Waals surface area contributed by atoms with E-state index < -0.39 is 6.04 Å². The molecule has 0 radical (unpaired) electrons. The molecule has 178 valence electrons. The van der Waals surface area contributed by atoms with Crippen LogP contribution in [0.1, 0.15) is 56.6 Å². The third-order valence-electron chi connectivity index (χ3n) is 6.06. The molecular formula is C26H32BrClN2O3. The van der Waals surface area contributed by atoms with Crippen molar-refractivity contribution in [1.29, 1.82) is 0 Å². The van der Waals surface area contributed by atoms with Crippen LogP contribution in [0.15, 0.2) is 46.9 Å². The van der Waals surface area contributed by atoms with E-state index in [1.54, 1.807) is 23.1 Å². The minimum atomic E-state index is -0.557. The molecule has 0 saturated heterocycles. The number of hydrogen-bond acceptors (Lipinski definition) is 3. The fourth-order valence-electron chi connectivity index (χ4n) is 4.17. The van der Waals surface area contributed by atoms with Crippen LogP contribution in [0.3, 0.4) is 0 Å². The van der Waals surface area contributed by atoms with Crippen molar-refractivity contribution in [3.05, 3.63) is 63.1 Å². The van der Waals surface area contributed by atoms with Gasteiger partial charge in [0.2, 0.25) is 5.91 Å². The molecule has 0 aliphatic heterocycles. The highest BCUT2D eigenvalue weighted by molar-refractivity contribution is 9.10. The number of carbonyl (C=O) groups excluding carboxylic acids is 2. The molecule has 0 unspecified atom stereocenters. The predicted octanol–water partition coefficient (Wildman–Crippen LogP) is 6.05. The Hall–Kier alpha value is -2.05. The average molecular weight is 536 g/mol. The Kier molecular flexibility index (Phi) is 9.63. The van der Waals surface area contributed by atoms with Gasteiger partial charge >= 0.3 is 0 Å². The topological polar surface area (TPSA) is 58.6 Å². The maximum absolute atomic E-state index is 13.3. The zero-order chi connectivity index (χ0) is 23.8. The smallest absolute Gasteiger partial charge is 0.261 e. The van der Waals surface area contributed by atoms with Crippen molar-refractivity contribution in [2.24, 2.45) is 0 Å². The van der Waals surface area contributed by atoms with Crippen molar-refractivity contribution in [2.75, 3.05) is 6.61 Å². The molecule has 5 nitrogen and oxygen atoms in total. The van der Waals surface area contributed by atoms with Gasteiger partial charge in [-0.15, -0.1) is 0 Å². The molecular weight excluding hydrogens is 504 g/mol. The molecule has 3 rings (SSSR count). The molecule has 0 bridgehead atoms. The van der Waals surface area contributed by atoms with Gasteiger partial charge in [0.05, 0.1) is 4.47 Å². The summed E-state index contributed by atoms with van der Waals surface area (Å²) in [5.74, 6) is 0.211. The lowest BCUT2D eigenvalue weighted by Crippen LogP contribution is -2.52. The summed E-state index contributed by atoms with van der Waals surface area (Å²) in [6.45, 7) is 4.15. The van der Waals surface area contributed by atoms with E-state index in [-0.39, 0.29) is 24.5 Å². The van der Waals surface area contributed by atoms with Gasteiger partial charge in [-0.05, 0) is 65.9 Å². The van der Waals surface area contributed by atoms with Gasteiger partial charge in [-0.25, -0.2) is 0 Å². The van der Waals surface area contributed by atoms with E-state index in [0.717, 1.165) is 36.8 Å². The van der Waals surface area contributed by atoms with Crippen molar-refractivity contribution in [2.45, 2.75) is 71.0 Å². The van der Waals surface area contributed by atoms with Gasteiger partial charge in [-0.2, -0.15) is 0 Å². The Morgan fingerprint density at radius 2 is 1.85 bits per heavy atom. The Morgan fingerprint density at radius 1 is 1.15 bits per heavy atom. The summed E-state index contributed by atoms with van der Waals surface area (Å²) in [5.41, 5.74) is 2.13. The maximum atomic E-state index is 13.3. The minimum Gasteiger partial charge on any atom is -0.483 e. The molecule has 1 saturated carbocycles. The molecule has 1 atom stereocenters. The van der Waals surface area contributed by atoms with Gasteiger partial charge in [0.25, 0.3) is 5.91 Å². The largest absolute Gasteiger partial charge is 0.483 e. The number of halogens is 2. The van der Waals surface area contributed by atoms with Crippen molar-refractivity contribution in [1.82, 2.24) is 10.2 Å². The molecule has 2 aromatic rings. The SMILES string of the molecule is CC[C@@H](C(=O)NC1CCCCC1)N(Cc1ccc(C)cc1)C(=O)COc1ccc(Cl)cc1Br. The molecule has 1 N–H and O–H groups in total. The highest BCUT2D eigenvalue weighted by atomic mass is 79.9. The monoisotopic (exact) mass is 534 g/mol. The van der Waals surface area contributed by atoms with E-state index in [4.69, 9.17) is 16.3 Å². The van der Waals surface area contributed by atoms with Gasteiger partial charge in [0, 0.05) is 17.6 Å². The number of ether oxygens (including phenoxy) is 1. The fraction of sp³-hybridized carbons (Fsp3) is 0.462. The summed E-state index contributed by atoms with van der Waals surface area (Å²) in [7, 11) is 0. The van der Waals surface area contributed by atoms with Crippen LogP contribution in [0.2, 0.25) is 5.02 Å². The molecule has 1 aliphatic carbocycles. The van der Waals surface area contributed by atoms with E-state index in [2.05, 4.69) is 21.2 Å². The van der Waals surface area contributed by atoms with Crippen molar-refractivity contribution in [3.63, 3.8) is 0 Å². The average Bonchev–Trinajstić information content (AvgIpc) is 2.80. The molecule has 7 heteroatoms. The van der Waals surface area contributed by atoms with Crippen LogP contribution in [0.5, 0.6) is 5.75 Å². The predicted molar refractivity (Wildman–Crippen MR) is 135 cm³/mol. The Morgan fingerprint density at radius 3 is 2.48 bits per heavy atom. The fourth-order valence-corrected chi connectivity index (χ4v) is 4.97. The number of benzene rings is 2. The highest BCUT2D eigenvalue weighted by Crippen LogP contribution is 2.28. The summed E-state index contributed by atoms with van der Waals surface area (Å²) in [4.78, 5) is 28.2. The third kappa shape index (κ3) is 7.47. The summed E-state index contributed by atoms with van der Waals surface area (Å²) < 4.78 is 6.46. The second-order valence-electron chi connectivity index (χ2n) is 8.64. The van der Waals surface area contributed by atoms with Gasteiger partial charge < -0.3 is 15.0 Å². The van der Waals surface area contributed by atoms with Crippen LogP contribution in [-0.2, 0) is 16.1 Å². The quantitative estimate of drug-likeness (QED) is 0.425. The summed E-state index contributed by atoms with van der Waals surface area (Å²) >= 11 is 9.42. The van der Waals surface area contributed by atoms with Crippen LogP contribution in [-0.4, -0.2) is 35.4 Å². The van der Waals surface area contributed by atoms with Gasteiger partial charge in [-0.3, -0.25) is 9.59 Å². The number of rotatable bonds is 9. The first-order valence-electron chi connectivity index (χ1n) is 11.6. The molecule has 0 spiro atoms. The first-order valence-corrected chi connectivity index (χ1v) is 12.8. The molecule has 33 heavy (non-hydrogen) atoms. The number of nitrogens with zero attached hydrogens (tertiary/aromatic N) is 1. The molecule has 0 heterocycles. The minimum absolute atomic E-state index is 0.0856. The molecule has 2 aromatic carbocycles. The first kappa shape index (κ1) is 25.6. The standard InChI is InChI=1S/C26H32BrClN2O3/c1-3-23(26(32)29-21-7-5-4-6-8-21)30(16-19-11-9-18(2)10-12-19)25(31)17-33-24-14-13-20(28)15-22(24)27/h9-15,21,23H,3-8,16-17H2,1-2H3,(H,29,32)/t23-/m0/s1. The van der Waals surface area contributed by atoms with Crippen LogP contribution in [0.4, 0.5) is 0 Å². The van der Waals surface area contributed by atoms with Gasteiger partial charge in [0.1, 0.15) is 11.8 Å². The zero-order valence-corrected chi connectivity index (χ0v) is 21.6. The lowest BCUT2D eigenvalue weighted by atomic mass is 9.95. The van der Waals surface area contributed by atoms with Gasteiger partial charge in [0.15, 0.2) is 6.61 Å². The number of hydrogen-bond donors (Lipinski definition) is 1. The number of aryl methyl sites for hydroxylation is 1. The van der Waals surface area contributed by atoms with Crippen LogP contribution in [0.25, 0.3) is 0 Å². The van der Waals surface area contributed by atoms with Crippen LogP contribution >= 0.6 is 27.5 Å². The van der Waals surface area contributed by atoms with Crippen molar-refractivity contribution in [3.8, 4) is 5.75 Å². The molecule has 1 aliphatic rings. The van der Waals surface area contributed by atoms with Crippen molar-refractivity contribution >= 4 is 39.3 Å². The van der Waals surface area contributed by atoms with Crippen LogP contribution < -0.4 is 10.1 Å². The number of carbonyl (C=O) groups is 2. The summed E-state index contributed by atoms with van der Waals surface area (Å²) in [5, 5.41) is 3.77. The zero-order valence-electron chi connectivity index (χ0n) is 19.3. The lowest BCUT2D eigenvalue weighted by Gasteiger charge is -2.32. The number of nitrogens with one attached hydrogen (secondary N) is 1. The van der Waals surface area contributed by atoms with Gasteiger partial charge in [-0.1, -0.05) is 67.6 Å². The molecule has 2 amide bonds. The van der Waals surface area contributed by atoms with E-state index in [0.29, 0.717) is 28.2 Å². The van der Waals surface area contributed by atoms with E-state index in [1.807, 2.05) is 38.1 Å². The van der Waals surface area contributed by atoms with Crippen molar-refractivity contribution < 1.29 is 14.3 Å². The van der Waals surface area contributed by atoms with E-state index in [1.165, 1.54) is 6.42 Å². The van der Waals surface area contributed by atoms with Crippen LogP contribution in [0, 0.1) is 6.92 Å². The Labute approximate surface area is 210 Å². The second kappa shape index (κ2) is 12.4. The van der Waals surface area contributed by atoms with E-state index in [9.17, 15) is 9.59 Å². The second-order valence-corrected chi connectivity index (χ2v) is 9.93. The maximum Gasteiger partial charge on any atom is 0.261 e. The third-order valence-corrected chi connectivity index (χ3v) is 6.91. The summed E-state index contributed by atoms with van der Waals surface area (Å²) in [6, 6.07) is 12.8. The Balaban J connectivity index is 1.76. The summed E-state index contributed by atoms with van der Waals surface area (Å²) in [6.07, 6.45) is 6.03. The highest BCUT2D eigenvalue weighted by Gasteiger charge is 2.30. The normalized spacial score (nSPS) is 15.0. The lowest BCUT2D eigenvalue weighted by molar-refractivity contribution is -0.143. The number of amides is 2. The Bertz CT molecular complexity index is 945. The molecule has 0 aromatic heterocycles. The first-order chi connectivity index (χ1) is 15.9. The van der Waals surface area contributed by atoms with E-state index >= 15 is 0 Å².